The van der Waals surface area contributed by atoms with Crippen LogP contribution >= 0.6 is 0 Å². The number of carboxylic acid groups (broad SMARTS) is 1. The Bertz CT molecular complexity index is 1270. The van der Waals surface area contributed by atoms with E-state index in [-0.39, 0.29) is 17.8 Å². The summed E-state index contributed by atoms with van der Waals surface area (Å²) in [5.41, 5.74) is 4.69. The molecule has 1 fully saturated rings. The molecule has 0 amide bonds. The molecular weight excluding hydrogens is 418 g/mol. The van der Waals surface area contributed by atoms with E-state index in [1.807, 2.05) is 55.5 Å². The van der Waals surface area contributed by atoms with Crippen molar-refractivity contribution in [3.05, 3.63) is 88.1 Å². The van der Waals surface area contributed by atoms with Crippen LogP contribution in [0, 0.1) is 18.8 Å². The summed E-state index contributed by atoms with van der Waals surface area (Å²) in [5.74, 6) is 0.575. The fourth-order valence-electron chi connectivity index (χ4n) is 5.72. The van der Waals surface area contributed by atoms with Crippen LogP contribution in [0.25, 0.3) is 0 Å². The largest absolute Gasteiger partial charge is 0.493 e. The van der Waals surface area contributed by atoms with Crippen molar-refractivity contribution in [1.82, 2.24) is 4.98 Å². The smallest absolute Gasteiger partial charge is 0.307 e. The second kappa shape index (κ2) is 7.32. The third kappa shape index (κ3) is 3.20. The van der Waals surface area contributed by atoms with Gasteiger partial charge in [0, 0.05) is 30.2 Å². The first-order valence-electron chi connectivity index (χ1n) is 11.3. The maximum atomic E-state index is 11.7. The number of fused-ring (bicyclic) bond motifs is 4. The molecule has 168 valence electrons. The lowest BCUT2D eigenvalue weighted by atomic mass is 9.79. The van der Waals surface area contributed by atoms with Crippen LogP contribution in [-0.2, 0) is 23.4 Å². The second-order valence-corrected chi connectivity index (χ2v) is 9.37. The Morgan fingerprint density at radius 3 is 2.88 bits per heavy atom. The van der Waals surface area contributed by atoms with Crippen molar-refractivity contribution >= 4 is 5.97 Å². The molecular formula is C27H25NO5. The number of hydrogen-bond acceptors (Lipinski definition) is 5. The summed E-state index contributed by atoms with van der Waals surface area (Å²) in [5, 5.41) is 21.0. The lowest BCUT2D eigenvalue weighted by Gasteiger charge is -2.36. The van der Waals surface area contributed by atoms with E-state index in [0.717, 1.165) is 39.8 Å². The standard InChI is InChI=1S/C27H25NO5/c1-15-4-2-3-5-20(15)27(31)8-9-32-22-7-6-16(10-21(22)27)14-33-23-12-17-11-18-24(19(17)13-28-23)25(18)26(29)30/h2-7,10,12-13,18,24-25,31H,8-9,11,14H2,1H3,(H,29,30)/t18-,24-,25+,27?/m1/s1. The van der Waals surface area contributed by atoms with Crippen LogP contribution in [0.15, 0.2) is 54.7 Å². The summed E-state index contributed by atoms with van der Waals surface area (Å²) in [6, 6.07) is 15.6. The molecule has 0 saturated heterocycles. The van der Waals surface area contributed by atoms with Gasteiger partial charge in [-0.3, -0.25) is 4.79 Å². The maximum Gasteiger partial charge on any atom is 0.307 e. The fourth-order valence-corrected chi connectivity index (χ4v) is 5.72. The molecule has 1 aromatic heterocycles. The molecule has 3 aliphatic rings. The average Bonchev–Trinajstić information content (AvgIpc) is 3.41. The maximum absolute atomic E-state index is 11.7. The number of aliphatic hydroxyl groups is 1. The van der Waals surface area contributed by atoms with E-state index in [4.69, 9.17) is 9.47 Å². The Morgan fingerprint density at radius 1 is 1.21 bits per heavy atom. The van der Waals surface area contributed by atoms with Crippen LogP contribution < -0.4 is 9.47 Å². The van der Waals surface area contributed by atoms with Crippen LogP contribution in [0.3, 0.4) is 0 Å². The fraction of sp³-hybridized carbons (Fsp3) is 0.333. The molecule has 4 atom stereocenters. The van der Waals surface area contributed by atoms with Gasteiger partial charge in [-0.25, -0.2) is 4.98 Å². The van der Waals surface area contributed by atoms with Crippen molar-refractivity contribution < 1.29 is 24.5 Å². The summed E-state index contributed by atoms with van der Waals surface area (Å²) in [4.78, 5) is 15.7. The highest BCUT2D eigenvalue weighted by Crippen LogP contribution is 2.61. The molecule has 2 heterocycles. The zero-order chi connectivity index (χ0) is 22.7. The summed E-state index contributed by atoms with van der Waals surface area (Å²) >= 11 is 0. The molecule has 33 heavy (non-hydrogen) atoms. The SMILES string of the molecule is Cc1ccccc1C1(O)CCOc2ccc(COc3cc4c(cn3)[C@H]3[C@@H](C4)[C@@H]3C(=O)O)cc21. The third-order valence-electron chi connectivity index (χ3n) is 7.46. The van der Waals surface area contributed by atoms with Crippen molar-refractivity contribution in [2.45, 2.75) is 37.9 Å². The van der Waals surface area contributed by atoms with Crippen molar-refractivity contribution in [2.75, 3.05) is 6.61 Å². The average molecular weight is 443 g/mol. The van der Waals surface area contributed by atoms with Gasteiger partial charge in [-0.15, -0.1) is 0 Å². The molecule has 6 rings (SSSR count). The van der Waals surface area contributed by atoms with Gasteiger partial charge in [-0.1, -0.05) is 30.3 Å². The minimum atomic E-state index is -1.11. The first-order chi connectivity index (χ1) is 16.0. The van der Waals surface area contributed by atoms with Gasteiger partial charge in [-0.05, 0) is 59.2 Å². The van der Waals surface area contributed by atoms with Crippen molar-refractivity contribution in [3.8, 4) is 11.6 Å². The number of carbonyl (C=O) groups is 1. The Morgan fingerprint density at radius 2 is 2.06 bits per heavy atom. The number of nitrogens with zero attached hydrogens (tertiary/aromatic N) is 1. The van der Waals surface area contributed by atoms with Crippen LogP contribution in [0.4, 0.5) is 0 Å². The Labute approximate surface area is 191 Å². The second-order valence-electron chi connectivity index (χ2n) is 9.37. The summed E-state index contributed by atoms with van der Waals surface area (Å²) in [7, 11) is 0. The summed E-state index contributed by atoms with van der Waals surface area (Å²) in [6.07, 6.45) is 3.03. The van der Waals surface area contributed by atoms with Crippen LogP contribution in [0.1, 0.15) is 45.7 Å². The molecule has 1 aliphatic heterocycles. The summed E-state index contributed by atoms with van der Waals surface area (Å²) in [6.45, 7) is 2.78. The number of aryl methyl sites for hydroxylation is 1. The molecule has 3 aromatic rings. The Kier molecular flexibility index (Phi) is 4.49. The molecule has 0 spiro atoms. The molecule has 2 aliphatic carbocycles. The van der Waals surface area contributed by atoms with Gasteiger partial charge in [0.1, 0.15) is 18.0 Å². The lowest BCUT2D eigenvalue weighted by Crippen LogP contribution is -2.34. The van der Waals surface area contributed by atoms with Gasteiger partial charge in [0.15, 0.2) is 0 Å². The number of aromatic nitrogens is 1. The van der Waals surface area contributed by atoms with Gasteiger partial charge in [0.2, 0.25) is 5.88 Å². The van der Waals surface area contributed by atoms with Crippen molar-refractivity contribution in [2.24, 2.45) is 11.8 Å². The molecule has 2 N–H and O–H groups in total. The van der Waals surface area contributed by atoms with E-state index in [2.05, 4.69) is 4.98 Å². The highest BCUT2D eigenvalue weighted by atomic mass is 16.5. The van der Waals surface area contributed by atoms with E-state index in [1.54, 1.807) is 6.20 Å². The molecule has 1 saturated carbocycles. The predicted molar refractivity (Wildman–Crippen MR) is 120 cm³/mol. The molecule has 0 bridgehead atoms. The van der Waals surface area contributed by atoms with Gasteiger partial charge < -0.3 is 19.7 Å². The van der Waals surface area contributed by atoms with Gasteiger partial charge in [-0.2, -0.15) is 0 Å². The Hall–Kier alpha value is -3.38. The van der Waals surface area contributed by atoms with E-state index in [9.17, 15) is 15.0 Å². The Balaban J connectivity index is 1.23. The van der Waals surface area contributed by atoms with Crippen LogP contribution in [-0.4, -0.2) is 27.8 Å². The van der Waals surface area contributed by atoms with Crippen molar-refractivity contribution in [3.63, 3.8) is 0 Å². The van der Waals surface area contributed by atoms with E-state index in [1.165, 1.54) is 0 Å². The first-order valence-corrected chi connectivity index (χ1v) is 11.3. The van der Waals surface area contributed by atoms with E-state index in [0.29, 0.717) is 31.3 Å². The number of hydrogen-bond donors (Lipinski definition) is 2. The minimum Gasteiger partial charge on any atom is -0.493 e. The summed E-state index contributed by atoms with van der Waals surface area (Å²) < 4.78 is 11.8. The van der Waals surface area contributed by atoms with Gasteiger partial charge in [0.05, 0.1) is 12.5 Å². The number of rotatable bonds is 5. The third-order valence-corrected chi connectivity index (χ3v) is 7.46. The number of aliphatic carboxylic acids is 1. The quantitative estimate of drug-likeness (QED) is 0.621. The lowest BCUT2D eigenvalue weighted by molar-refractivity contribution is -0.139. The van der Waals surface area contributed by atoms with Gasteiger partial charge in [0.25, 0.3) is 0 Å². The van der Waals surface area contributed by atoms with E-state index < -0.39 is 11.6 Å². The van der Waals surface area contributed by atoms with Crippen LogP contribution in [0.2, 0.25) is 0 Å². The monoisotopic (exact) mass is 443 g/mol. The van der Waals surface area contributed by atoms with Crippen molar-refractivity contribution in [1.29, 1.82) is 0 Å². The van der Waals surface area contributed by atoms with Crippen LogP contribution in [0.5, 0.6) is 11.6 Å². The van der Waals surface area contributed by atoms with E-state index >= 15 is 0 Å². The molecule has 6 heteroatoms. The number of benzene rings is 2. The van der Waals surface area contributed by atoms with Gasteiger partial charge >= 0.3 is 5.97 Å². The zero-order valence-corrected chi connectivity index (χ0v) is 18.3. The number of pyridine rings is 1. The normalized spacial score (nSPS) is 26.5. The highest BCUT2D eigenvalue weighted by Gasteiger charge is 2.59. The number of ether oxygens (including phenoxy) is 2. The topological polar surface area (TPSA) is 88.9 Å². The number of carboxylic acids is 1. The molecule has 0 radical (unpaired) electrons. The molecule has 1 unspecified atom stereocenters. The zero-order valence-electron chi connectivity index (χ0n) is 18.3. The minimum absolute atomic E-state index is 0.110. The molecule has 2 aromatic carbocycles. The predicted octanol–water partition coefficient (Wildman–Crippen LogP) is 3.96. The first kappa shape index (κ1) is 20.2. The molecule has 6 nitrogen and oxygen atoms in total. The highest BCUT2D eigenvalue weighted by molar-refractivity contribution is 5.77.